The van der Waals surface area contributed by atoms with E-state index in [0.29, 0.717) is 25.1 Å². The highest BCUT2D eigenvalue weighted by Gasteiger charge is 2.25. The summed E-state index contributed by atoms with van der Waals surface area (Å²) in [6, 6.07) is 8.91. The van der Waals surface area contributed by atoms with Crippen molar-refractivity contribution in [2.45, 2.75) is 70.4 Å². The second kappa shape index (κ2) is 7.75. The van der Waals surface area contributed by atoms with Crippen molar-refractivity contribution in [3.05, 3.63) is 51.9 Å². The number of hydrogen-bond donors (Lipinski definition) is 0. The van der Waals surface area contributed by atoms with Crippen LogP contribution in [0.2, 0.25) is 0 Å². The summed E-state index contributed by atoms with van der Waals surface area (Å²) in [5.74, 6) is 1.72. The van der Waals surface area contributed by atoms with Gasteiger partial charge in [0, 0.05) is 11.8 Å². The van der Waals surface area contributed by atoms with Gasteiger partial charge in [-0.3, -0.25) is 9.36 Å². The molecule has 144 valence electrons. The number of aromatic nitrogens is 2. The molecule has 1 aromatic heterocycles. The van der Waals surface area contributed by atoms with E-state index in [2.05, 4.69) is 29.2 Å². The van der Waals surface area contributed by atoms with Gasteiger partial charge in [0.2, 0.25) is 0 Å². The lowest BCUT2D eigenvalue weighted by atomic mass is 9.84. The van der Waals surface area contributed by atoms with Crippen LogP contribution < -0.4 is 15.0 Å². The number of fused-ring (bicyclic) bond motifs is 1. The molecule has 1 aromatic carbocycles. The summed E-state index contributed by atoms with van der Waals surface area (Å²) in [5.41, 5.74) is 1.95. The van der Waals surface area contributed by atoms with E-state index >= 15 is 0 Å². The molecule has 1 saturated carbocycles. The van der Waals surface area contributed by atoms with Crippen LogP contribution in [0, 0.1) is 0 Å². The van der Waals surface area contributed by atoms with Crippen molar-refractivity contribution >= 4 is 0 Å². The Morgan fingerprint density at radius 2 is 1.93 bits per heavy atom. The van der Waals surface area contributed by atoms with Crippen molar-refractivity contribution in [2.75, 3.05) is 6.61 Å². The molecule has 0 radical (unpaired) electrons. The highest BCUT2D eigenvalue weighted by Crippen LogP contribution is 2.33. The number of nitrogens with zero attached hydrogens (tertiary/aromatic N) is 2. The van der Waals surface area contributed by atoms with Crippen LogP contribution in [0.4, 0.5) is 0 Å². The third kappa shape index (κ3) is 4.02. The molecule has 0 bridgehead atoms. The second-order valence-electron chi connectivity index (χ2n) is 8.05. The quantitative estimate of drug-likeness (QED) is 0.791. The maximum atomic E-state index is 12.0. The molecule has 2 aromatic rings. The summed E-state index contributed by atoms with van der Waals surface area (Å²) in [6.07, 6.45) is 8.42. The summed E-state index contributed by atoms with van der Waals surface area (Å²) in [7, 11) is 0. The molecule has 5 nitrogen and oxygen atoms in total. The van der Waals surface area contributed by atoms with Crippen LogP contribution in [0.5, 0.6) is 11.8 Å². The molecular weight excluding hydrogens is 340 g/mol. The zero-order valence-corrected chi connectivity index (χ0v) is 16.2. The Labute approximate surface area is 160 Å². The third-order valence-electron chi connectivity index (χ3n) is 5.67. The maximum Gasteiger partial charge on any atom is 0.300 e. The molecular formula is C22H28N2O3. The van der Waals surface area contributed by atoms with Crippen LogP contribution in [-0.2, 0) is 6.54 Å². The van der Waals surface area contributed by atoms with Crippen LogP contribution in [0.25, 0.3) is 0 Å². The number of rotatable bonds is 5. The summed E-state index contributed by atoms with van der Waals surface area (Å²) in [4.78, 5) is 16.1. The first-order valence-electron chi connectivity index (χ1n) is 10.1. The van der Waals surface area contributed by atoms with Gasteiger partial charge in [-0.1, -0.05) is 45.2 Å². The van der Waals surface area contributed by atoms with E-state index in [0.717, 1.165) is 11.3 Å². The van der Waals surface area contributed by atoms with Gasteiger partial charge < -0.3 is 9.47 Å². The van der Waals surface area contributed by atoms with E-state index in [1.807, 2.05) is 24.6 Å². The lowest BCUT2D eigenvalue weighted by Gasteiger charge is -2.22. The first kappa shape index (κ1) is 18.1. The predicted octanol–water partition coefficient (Wildman–Crippen LogP) is 4.25. The van der Waals surface area contributed by atoms with Crippen molar-refractivity contribution in [1.29, 1.82) is 0 Å². The van der Waals surface area contributed by atoms with Crippen LogP contribution >= 0.6 is 0 Å². The SMILES string of the molecule is CC(C)c1cn2c(nc1=O)OC(COc1ccc(C3CCCCC3)cc1)C2. The fraction of sp³-hybridized carbons (Fsp3) is 0.545. The van der Waals surface area contributed by atoms with Gasteiger partial charge >= 0.3 is 0 Å². The van der Waals surface area contributed by atoms with Gasteiger partial charge in [-0.25, -0.2) is 0 Å². The van der Waals surface area contributed by atoms with Gasteiger partial charge in [-0.05, 0) is 42.4 Å². The molecule has 0 N–H and O–H groups in total. The number of benzene rings is 1. The average molecular weight is 368 g/mol. The largest absolute Gasteiger partial charge is 0.490 e. The minimum Gasteiger partial charge on any atom is -0.490 e. The van der Waals surface area contributed by atoms with Gasteiger partial charge in [0.05, 0.1) is 6.54 Å². The van der Waals surface area contributed by atoms with Gasteiger partial charge in [-0.2, -0.15) is 4.98 Å². The van der Waals surface area contributed by atoms with Crippen LogP contribution in [0.3, 0.4) is 0 Å². The molecule has 0 amide bonds. The standard InChI is InChI=1S/C22H28N2O3/c1-15(2)20-13-24-12-19(27-22(24)23-21(20)25)14-26-18-10-8-17(9-11-18)16-6-4-3-5-7-16/h8-11,13,15-16,19H,3-7,12,14H2,1-2H3. The normalized spacial score (nSPS) is 19.7. The van der Waals surface area contributed by atoms with E-state index in [1.54, 1.807) is 0 Å². The lowest BCUT2D eigenvalue weighted by molar-refractivity contribution is 0.143. The Bertz CT molecular complexity index is 836. The maximum absolute atomic E-state index is 12.0. The molecule has 5 heteroatoms. The molecule has 1 fully saturated rings. The summed E-state index contributed by atoms with van der Waals surface area (Å²) in [5, 5.41) is 0. The van der Waals surface area contributed by atoms with E-state index in [1.165, 1.54) is 37.7 Å². The van der Waals surface area contributed by atoms with E-state index in [9.17, 15) is 4.79 Å². The number of hydrogen-bond acceptors (Lipinski definition) is 4. The molecule has 1 aliphatic carbocycles. The van der Waals surface area contributed by atoms with Crippen molar-refractivity contribution in [2.24, 2.45) is 0 Å². The molecule has 0 spiro atoms. The predicted molar refractivity (Wildman–Crippen MR) is 105 cm³/mol. The fourth-order valence-electron chi connectivity index (χ4n) is 4.07. The van der Waals surface area contributed by atoms with Gasteiger partial charge in [-0.15, -0.1) is 0 Å². The molecule has 1 unspecified atom stereocenters. The van der Waals surface area contributed by atoms with E-state index < -0.39 is 0 Å². The molecule has 1 aliphatic heterocycles. The molecule has 4 rings (SSSR count). The van der Waals surface area contributed by atoms with Crippen LogP contribution in [0.1, 0.15) is 68.9 Å². The zero-order chi connectivity index (χ0) is 18.8. The monoisotopic (exact) mass is 368 g/mol. The highest BCUT2D eigenvalue weighted by atomic mass is 16.6. The minimum absolute atomic E-state index is 0.127. The Morgan fingerprint density at radius 1 is 1.19 bits per heavy atom. The molecule has 2 heterocycles. The average Bonchev–Trinajstić information content (AvgIpc) is 3.08. The summed E-state index contributed by atoms with van der Waals surface area (Å²) < 4.78 is 13.6. The summed E-state index contributed by atoms with van der Waals surface area (Å²) >= 11 is 0. The molecule has 0 saturated heterocycles. The Hall–Kier alpha value is -2.30. The number of ether oxygens (including phenoxy) is 2. The molecule has 1 atom stereocenters. The molecule has 2 aliphatic rings. The minimum atomic E-state index is -0.198. The van der Waals surface area contributed by atoms with Gasteiger partial charge in [0.25, 0.3) is 11.6 Å². The lowest BCUT2D eigenvalue weighted by Crippen LogP contribution is -2.23. The second-order valence-corrected chi connectivity index (χ2v) is 8.05. The Morgan fingerprint density at radius 3 is 2.63 bits per heavy atom. The van der Waals surface area contributed by atoms with E-state index in [4.69, 9.17) is 9.47 Å². The van der Waals surface area contributed by atoms with Crippen molar-refractivity contribution in [3.8, 4) is 11.8 Å². The third-order valence-corrected chi connectivity index (χ3v) is 5.67. The zero-order valence-electron chi connectivity index (χ0n) is 16.2. The fourth-order valence-corrected chi connectivity index (χ4v) is 4.07. The van der Waals surface area contributed by atoms with Crippen molar-refractivity contribution in [1.82, 2.24) is 9.55 Å². The Balaban J connectivity index is 1.35. The van der Waals surface area contributed by atoms with Crippen LogP contribution in [-0.4, -0.2) is 22.3 Å². The smallest absolute Gasteiger partial charge is 0.300 e. The van der Waals surface area contributed by atoms with Gasteiger partial charge in [0.15, 0.2) is 6.10 Å². The Kier molecular flexibility index (Phi) is 5.19. The topological polar surface area (TPSA) is 53.4 Å². The van der Waals surface area contributed by atoms with Crippen LogP contribution in [0.15, 0.2) is 35.3 Å². The van der Waals surface area contributed by atoms with Gasteiger partial charge in [0.1, 0.15) is 12.4 Å². The van der Waals surface area contributed by atoms with E-state index in [-0.39, 0.29) is 17.6 Å². The van der Waals surface area contributed by atoms with Crippen molar-refractivity contribution < 1.29 is 9.47 Å². The highest BCUT2D eigenvalue weighted by molar-refractivity contribution is 5.29. The molecule has 27 heavy (non-hydrogen) atoms. The summed E-state index contributed by atoms with van der Waals surface area (Å²) in [6.45, 7) is 5.09. The first-order valence-corrected chi connectivity index (χ1v) is 10.1. The first-order chi connectivity index (χ1) is 13.1. The van der Waals surface area contributed by atoms with Crippen molar-refractivity contribution in [3.63, 3.8) is 0 Å².